The van der Waals surface area contributed by atoms with E-state index >= 15 is 0 Å². The van der Waals surface area contributed by atoms with Gasteiger partial charge in [0.2, 0.25) is 5.43 Å². The lowest BCUT2D eigenvalue weighted by Crippen LogP contribution is -2.22. The van der Waals surface area contributed by atoms with Crippen molar-refractivity contribution in [2.75, 3.05) is 6.54 Å². The third-order valence-electron chi connectivity index (χ3n) is 6.14. The van der Waals surface area contributed by atoms with Crippen LogP contribution in [0.5, 0.6) is 11.5 Å². The van der Waals surface area contributed by atoms with Crippen molar-refractivity contribution in [1.29, 1.82) is 0 Å². The quantitative estimate of drug-likeness (QED) is 0.218. The zero-order valence-corrected chi connectivity index (χ0v) is 20.7. The van der Waals surface area contributed by atoms with Crippen molar-refractivity contribution in [3.05, 3.63) is 110 Å². The van der Waals surface area contributed by atoms with Crippen molar-refractivity contribution in [2.45, 2.75) is 26.6 Å². The van der Waals surface area contributed by atoms with E-state index in [4.69, 9.17) is 9.15 Å². The second kappa shape index (κ2) is 10.9. The van der Waals surface area contributed by atoms with E-state index in [-0.39, 0.29) is 18.0 Å². The molecule has 0 amide bonds. The molecule has 10 nitrogen and oxygen atoms in total. The van der Waals surface area contributed by atoms with Crippen LogP contribution in [0.3, 0.4) is 0 Å². The van der Waals surface area contributed by atoms with Crippen LogP contribution in [0.2, 0.25) is 0 Å². The molecule has 39 heavy (non-hydrogen) atoms. The molecule has 0 atom stereocenters. The van der Waals surface area contributed by atoms with Crippen molar-refractivity contribution in [2.24, 2.45) is 0 Å². The Hall–Kier alpha value is -4.84. The van der Waals surface area contributed by atoms with E-state index in [0.717, 1.165) is 23.1 Å². The predicted molar refractivity (Wildman–Crippen MR) is 137 cm³/mol. The first-order valence-electron chi connectivity index (χ1n) is 11.9. The zero-order chi connectivity index (χ0) is 27.5. The van der Waals surface area contributed by atoms with Gasteiger partial charge in [-0.05, 0) is 36.8 Å². The number of halogens is 2. The van der Waals surface area contributed by atoms with Crippen LogP contribution < -0.4 is 21.1 Å². The number of fused-ring (bicyclic) bond motifs is 1. The van der Waals surface area contributed by atoms with Gasteiger partial charge in [0.25, 0.3) is 0 Å². The number of hydrogen-bond acceptors (Lipinski definition) is 8. The number of nitrogens with zero attached hydrogens (tertiary/aromatic N) is 4. The summed E-state index contributed by atoms with van der Waals surface area (Å²) in [6.45, 7) is 3.10. The highest BCUT2D eigenvalue weighted by atomic mass is 19.1. The molecule has 0 aliphatic heterocycles. The molecular weight excluding hydrogens is 512 g/mol. The fourth-order valence-electron chi connectivity index (χ4n) is 4.08. The average molecular weight is 536 g/mol. The van der Waals surface area contributed by atoms with E-state index in [2.05, 4.69) is 15.6 Å². The van der Waals surface area contributed by atoms with Crippen LogP contribution in [0.15, 0.2) is 74.9 Å². The number of aromatic hydroxyl groups is 1. The highest BCUT2D eigenvalue weighted by Gasteiger charge is 2.11. The molecular formula is C27H23F2N5O5. The summed E-state index contributed by atoms with van der Waals surface area (Å²) in [7, 11) is 0. The summed E-state index contributed by atoms with van der Waals surface area (Å²) in [6, 6.07) is 11.0. The lowest BCUT2D eigenvalue weighted by molar-refractivity contribution is 0.301. The molecule has 0 saturated carbocycles. The fourth-order valence-corrected chi connectivity index (χ4v) is 4.08. The van der Waals surface area contributed by atoms with Gasteiger partial charge in [-0.1, -0.05) is 5.21 Å². The molecule has 3 heterocycles. The summed E-state index contributed by atoms with van der Waals surface area (Å²) in [6.07, 6.45) is 3.09. The molecule has 0 aliphatic rings. The summed E-state index contributed by atoms with van der Waals surface area (Å²) in [5.41, 5.74) is 1.08. The van der Waals surface area contributed by atoms with Crippen LogP contribution in [0.4, 0.5) is 8.78 Å². The smallest absolute Gasteiger partial charge is 0.336 e. The molecule has 0 unspecified atom stereocenters. The molecule has 0 aliphatic carbocycles. The van der Waals surface area contributed by atoms with Crippen molar-refractivity contribution >= 4 is 11.0 Å². The summed E-state index contributed by atoms with van der Waals surface area (Å²) in [5.74, 6) is -1.31. The lowest BCUT2D eigenvalue weighted by Gasteiger charge is -2.13. The second-order valence-corrected chi connectivity index (χ2v) is 8.77. The van der Waals surface area contributed by atoms with E-state index in [1.165, 1.54) is 29.1 Å². The summed E-state index contributed by atoms with van der Waals surface area (Å²) >= 11 is 0. The molecule has 2 aromatic carbocycles. The number of nitrogens with one attached hydrogen (secondary N) is 1. The normalized spacial score (nSPS) is 11.3. The maximum atomic E-state index is 14.0. The standard InChI is InChI=1S/C27H23F2N5O5/c1-16-27(37)24(35)6-8-33(16)9-7-30-13-17-10-26(36)39-25-12-20(3-4-21(17)25)38-15-19-14-34(32-31-19)23-5-2-18(28)11-22(23)29/h2-6,8,10-12,14,30,37H,7,9,13,15H2,1H3. The van der Waals surface area contributed by atoms with Gasteiger partial charge in [0, 0.05) is 55.5 Å². The highest BCUT2D eigenvalue weighted by Crippen LogP contribution is 2.23. The van der Waals surface area contributed by atoms with E-state index < -0.39 is 22.7 Å². The van der Waals surface area contributed by atoms with Crippen molar-refractivity contribution in [3.8, 4) is 17.2 Å². The Labute approximate surface area is 219 Å². The summed E-state index contributed by atoms with van der Waals surface area (Å²) in [5, 5.41) is 21.6. The molecule has 5 aromatic rings. The molecule has 12 heteroatoms. The fraction of sp³-hybridized carbons (Fsp3) is 0.185. The van der Waals surface area contributed by atoms with Crippen LogP contribution in [0, 0.1) is 18.6 Å². The first-order valence-corrected chi connectivity index (χ1v) is 11.9. The maximum Gasteiger partial charge on any atom is 0.336 e. The minimum atomic E-state index is -0.770. The van der Waals surface area contributed by atoms with Gasteiger partial charge in [-0.2, -0.15) is 0 Å². The van der Waals surface area contributed by atoms with Crippen LogP contribution >= 0.6 is 0 Å². The molecule has 0 radical (unpaired) electrons. The van der Waals surface area contributed by atoms with Crippen LogP contribution in [0.1, 0.15) is 17.0 Å². The Morgan fingerprint density at radius 3 is 2.77 bits per heavy atom. The van der Waals surface area contributed by atoms with Crippen LogP contribution in [-0.2, 0) is 19.7 Å². The number of ether oxygens (including phenoxy) is 1. The minimum absolute atomic E-state index is 0.0137. The van der Waals surface area contributed by atoms with E-state index in [1.807, 2.05) is 0 Å². The number of hydrogen-bond donors (Lipinski definition) is 2. The van der Waals surface area contributed by atoms with E-state index in [9.17, 15) is 23.5 Å². The number of benzene rings is 2. The predicted octanol–water partition coefficient (Wildman–Crippen LogP) is 3.20. The van der Waals surface area contributed by atoms with Crippen molar-refractivity contribution in [3.63, 3.8) is 0 Å². The summed E-state index contributed by atoms with van der Waals surface area (Å²) < 4.78 is 41.3. The van der Waals surface area contributed by atoms with Crippen molar-refractivity contribution in [1.82, 2.24) is 24.9 Å². The van der Waals surface area contributed by atoms with E-state index in [1.54, 1.807) is 35.9 Å². The first kappa shape index (κ1) is 25.8. The number of pyridine rings is 1. The highest BCUT2D eigenvalue weighted by molar-refractivity contribution is 5.81. The van der Waals surface area contributed by atoms with Gasteiger partial charge >= 0.3 is 5.63 Å². The van der Waals surface area contributed by atoms with Gasteiger partial charge in [-0.3, -0.25) is 4.79 Å². The van der Waals surface area contributed by atoms with Crippen LogP contribution in [-0.4, -0.2) is 31.2 Å². The average Bonchev–Trinajstić information content (AvgIpc) is 3.38. The Balaban J connectivity index is 1.23. The topological polar surface area (TPSA) is 124 Å². The molecule has 0 bridgehead atoms. The molecule has 5 rings (SSSR count). The SMILES string of the molecule is Cc1c(O)c(=O)ccn1CCNCc1cc(=O)oc2cc(OCc3cn(-c4ccc(F)cc4F)nn3)ccc12. The first-order chi connectivity index (χ1) is 18.8. The Morgan fingerprint density at radius 1 is 1.10 bits per heavy atom. The third-order valence-corrected chi connectivity index (χ3v) is 6.14. The van der Waals surface area contributed by atoms with Crippen molar-refractivity contribution < 1.29 is 23.0 Å². The van der Waals surface area contributed by atoms with Gasteiger partial charge < -0.3 is 24.1 Å². The Bertz CT molecular complexity index is 1780. The molecule has 2 N–H and O–H groups in total. The molecule has 0 fully saturated rings. The van der Waals surface area contributed by atoms with Gasteiger partial charge in [0.15, 0.2) is 11.6 Å². The number of rotatable bonds is 9. The van der Waals surface area contributed by atoms with Gasteiger partial charge in [0.1, 0.15) is 35.1 Å². The lowest BCUT2D eigenvalue weighted by atomic mass is 10.1. The third kappa shape index (κ3) is 5.70. The van der Waals surface area contributed by atoms with Gasteiger partial charge in [-0.25, -0.2) is 18.3 Å². The maximum absolute atomic E-state index is 14.0. The Morgan fingerprint density at radius 2 is 1.95 bits per heavy atom. The molecule has 0 spiro atoms. The number of aromatic nitrogens is 4. The summed E-state index contributed by atoms with van der Waals surface area (Å²) in [4.78, 5) is 23.7. The Kier molecular flexibility index (Phi) is 7.19. The molecule has 3 aromatic heterocycles. The molecule has 200 valence electrons. The van der Waals surface area contributed by atoms with Gasteiger partial charge in [-0.15, -0.1) is 5.10 Å². The molecule has 0 saturated heterocycles. The zero-order valence-electron chi connectivity index (χ0n) is 20.7. The van der Waals surface area contributed by atoms with Gasteiger partial charge in [0.05, 0.1) is 11.9 Å². The van der Waals surface area contributed by atoms with E-state index in [0.29, 0.717) is 42.4 Å². The second-order valence-electron chi connectivity index (χ2n) is 8.77. The largest absolute Gasteiger partial charge is 0.503 e. The minimum Gasteiger partial charge on any atom is -0.503 e. The van der Waals surface area contributed by atoms with Crippen LogP contribution in [0.25, 0.3) is 16.7 Å². The monoisotopic (exact) mass is 535 g/mol.